The first-order valence-electron chi connectivity index (χ1n) is 11.3. The van der Waals surface area contributed by atoms with Crippen LogP contribution in [0.25, 0.3) is 0 Å². The standard InChI is InChI=1S/C23H26F3N5O4/c1-12(2)35-18-8-14(20(32)33)15(24)9-16(18)28-22-27-10-17-19(29-22)31(13-6-4-5-7-13)11-23(25,26)21(34)30(17)3/h8-10,12-13H,4-7,11H2,1-3H3,(H,32,33)(H,27,28,29). The van der Waals surface area contributed by atoms with Crippen LogP contribution in [0, 0.1) is 5.82 Å². The zero-order valence-electron chi connectivity index (χ0n) is 19.5. The SMILES string of the molecule is CC(C)Oc1cc(C(=O)O)c(F)cc1Nc1ncc2c(n1)N(C1CCCC1)CC(F)(F)C(=O)N2C. The third-order valence-electron chi connectivity index (χ3n) is 6.04. The van der Waals surface area contributed by atoms with Gasteiger partial charge in [-0.3, -0.25) is 4.79 Å². The zero-order valence-corrected chi connectivity index (χ0v) is 19.5. The van der Waals surface area contributed by atoms with Gasteiger partial charge >= 0.3 is 11.9 Å². The highest BCUT2D eigenvalue weighted by atomic mass is 19.3. The molecule has 1 fully saturated rings. The molecule has 1 aromatic carbocycles. The van der Waals surface area contributed by atoms with Crippen LogP contribution in [0.15, 0.2) is 18.3 Å². The molecule has 2 aliphatic rings. The number of hydrogen-bond acceptors (Lipinski definition) is 7. The molecule has 0 spiro atoms. The fourth-order valence-corrected chi connectivity index (χ4v) is 4.39. The molecule has 35 heavy (non-hydrogen) atoms. The van der Waals surface area contributed by atoms with Crippen LogP contribution < -0.4 is 19.9 Å². The Morgan fingerprint density at radius 1 is 1.29 bits per heavy atom. The van der Waals surface area contributed by atoms with Crippen molar-refractivity contribution >= 4 is 35.0 Å². The maximum Gasteiger partial charge on any atom is 0.342 e. The van der Waals surface area contributed by atoms with Crippen LogP contribution in [0.1, 0.15) is 49.9 Å². The van der Waals surface area contributed by atoms with Crippen molar-refractivity contribution in [1.29, 1.82) is 0 Å². The maximum atomic E-state index is 14.7. The molecule has 0 atom stereocenters. The first-order chi connectivity index (χ1) is 16.5. The Balaban J connectivity index is 1.77. The molecular weight excluding hydrogens is 467 g/mol. The molecule has 4 rings (SSSR count). The summed E-state index contributed by atoms with van der Waals surface area (Å²) in [6, 6.07) is 1.80. The molecule has 0 unspecified atom stereocenters. The summed E-state index contributed by atoms with van der Waals surface area (Å²) < 4.78 is 49.6. The Morgan fingerprint density at radius 3 is 2.60 bits per heavy atom. The van der Waals surface area contributed by atoms with Crippen molar-refractivity contribution in [2.75, 3.05) is 28.7 Å². The van der Waals surface area contributed by atoms with Crippen molar-refractivity contribution in [2.45, 2.75) is 57.6 Å². The number of halogens is 3. The number of ether oxygens (including phenoxy) is 1. The molecule has 0 saturated heterocycles. The van der Waals surface area contributed by atoms with Crippen LogP contribution in [0.2, 0.25) is 0 Å². The number of nitrogens with one attached hydrogen (secondary N) is 1. The molecule has 2 N–H and O–H groups in total. The van der Waals surface area contributed by atoms with Gasteiger partial charge in [0.05, 0.1) is 30.1 Å². The van der Waals surface area contributed by atoms with Crippen molar-refractivity contribution in [2.24, 2.45) is 0 Å². The van der Waals surface area contributed by atoms with E-state index >= 15 is 0 Å². The van der Waals surface area contributed by atoms with E-state index in [1.807, 2.05) is 0 Å². The fourth-order valence-electron chi connectivity index (χ4n) is 4.39. The molecule has 1 saturated carbocycles. The normalized spacial score (nSPS) is 18.0. The number of aromatic nitrogens is 2. The van der Waals surface area contributed by atoms with Crippen molar-refractivity contribution in [3.63, 3.8) is 0 Å². The van der Waals surface area contributed by atoms with E-state index in [9.17, 15) is 27.9 Å². The quantitative estimate of drug-likeness (QED) is 0.617. The maximum absolute atomic E-state index is 14.7. The van der Waals surface area contributed by atoms with E-state index in [1.54, 1.807) is 13.8 Å². The van der Waals surface area contributed by atoms with Gasteiger partial charge in [0.25, 0.3) is 5.91 Å². The van der Waals surface area contributed by atoms with Crippen LogP contribution in [-0.4, -0.2) is 58.6 Å². The predicted molar refractivity (Wildman–Crippen MR) is 122 cm³/mol. The van der Waals surface area contributed by atoms with Crippen molar-refractivity contribution < 1.29 is 32.6 Å². The molecule has 188 valence electrons. The summed E-state index contributed by atoms with van der Waals surface area (Å²) in [4.78, 5) is 34.7. The number of nitrogens with zero attached hydrogens (tertiary/aromatic N) is 4. The summed E-state index contributed by atoms with van der Waals surface area (Å²) in [6.07, 6.45) is 4.05. The molecule has 0 radical (unpaired) electrons. The molecule has 2 aromatic rings. The molecule has 12 heteroatoms. The third-order valence-corrected chi connectivity index (χ3v) is 6.04. The van der Waals surface area contributed by atoms with E-state index in [4.69, 9.17) is 4.74 Å². The lowest BCUT2D eigenvalue weighted by Crippen LogP contribution is -2.48. The molecule has 1 aliphatic heterocycles. The van der Waals surface area contributed by atoms with Crippen LogP contribution in [-0.2, 0) is 4.79 Å². The predicted octanol–water partition coefficient (Wildman–Crippen LogP) is 4.21. The number of carboxylic acids is 1. The molecule has 0 bridgehead atoms. The lowest BCUT2D eigenvalue weighted by atomic mass is 10.1. The number of amides is 1. The number of fused-ring (bicyclic) bond motifs is 1. The van der Waals surface area contributed by atoms with E-state index in [-0.39, 0.29) is 41.0 Å². The van der Waals surface area contributed by atoms with E-state index < -0.39 is 35.7 Å². The van der Waals surface area contributed by atoms with Crippen LogP contribution in [0.5, 0.6) is 5.75 Å². The number of anilines is 4. The van der Waals surface area contributed by atoms with E-state index in [2.05, 4.69) is 15.3 Å². The lowest BCUT2D eigenvalue weighted by Gasteiger charge is -2.31. The molecule has 1 aromatic heterocycles. The Hall–Kier alpha value is -3.57. The number of benzene rings is 1. The number of carbonyl (C=O) groups is 2. The molecule has 9 nitrogen and oxygen atoms in total. The number of rotatable bonds is 6. The Bertz CT molecular complexity index is 1150. The summed E-state index contributed by atoms with van der Waals surface area (Å²) in [7, 11) is 1.25. The fraction of sp³-hybridized carbons (Fsp3) is 0.478. The second-order valence-electron chi connectivity index (χ2n) is 8.96. The lowest BCUT2D eigenvalue weighted by molar-refractivity contribution is -0.140. The number of carbonyl (C=O) groups excluding carboxylic acids is 1. The second kappa shape index (κ2) is 9.23. The first-order valence-corrected chi connectivity index (χ1v) is 11.3. The smallest absolute Gasteiger partial charge is 0.342 e. The molecule has 1 aliphatic carbocycles. The van der Waals surface area contributed by atoms with E-state index in [0.717, 1.165) is 29.9 Å². The van der Waals surface area contributed by atoms with Crippen molar-refractivity contribution in [3.8, 4) is 5.75 Å². The van der Waals surface area contributed by atoms with E-state index in [1.165, 1.54) is 18.1 Å². The topological polar surface area (TPSA) is 108 Å². The number of alkyl halides is 2. The first kappa shape index (κ1) is 24.6. The Morgan fingerprint density at radius 2 is 1.97 bits per heavy atom. The number of aromatic carboxylic acids is 1. The van der Waals surface area contributed by atoms with Gasteiger partial charge in [0.2, 0.25) is 5.95 Å². The summed E-state index contributed by atoms with van der Waals surface area (Å²) in [5.41, 5.74) is -0.364. The number of carboxylic acid groups (broad SMARTS) is 1. The van der Waals surface area contributed by atoms with Crippen molar-refractivity contribution in [1.82, 2.24) is 9.97 Å². The summed E-state index contributed by atoms with van der Waals surface area (Å²) in [5, 5.41) is 12.1. The van der Waals surface area contributed by atoms with Gasteiger partial charge in [0.1, 0.15) is 17.3 Å². The van der Waals surface area contributed by atoms with Gasteiger partial charge in [0.15, 0.2) is 5.82 Å². The van der Waals surface area contributed by atoms with Gasteiger partial charge in [-0.05, 0) is 32.8 Å². The van der Waals surface area contributed by atoms with E-state index in [0.29, 0.717) is 12.8 Å². The minimum absolute atomic E-state index is 0.0473. The number of hydrogen-bond donors (Lipinski definition) is 2. The minimum atomic E-state index is -3.61. The monoisotopic (exact) mass is 493 g/mol. The van der Waals surface area contributed by atoms with Crippen LogP contribution in [0.3, 0.4) is 0 Å². The summed E-state index contributed by atoms with van der Waals surface area (Å²) in [6.45, 7) is 2.63. The summed E-state index contributed by atoms with van der Waals surface area (Å²) >= 11 is 0. The molecule has 2 heterocycles. The second-order valence-corrected chi connectivity index (χ2v) is 8.96. The van der Waals surface area contributed by atoms with Crippen LogP contribution >= 0.6 is 0 Å². The van der Waals surface area contributed by atoms with Gasteiger partial charge in [-0.15, -0.1) is 0 Å². The van der Waals surface area contributed by atoms with Gasteiger partial charge in [0, 0.05) is 19.2 Å². The Labute approximate surface area is 199 Å². The highest BCUT2D eigenvalue weighted by Crippen LogP contribution is 2.40. The minimum Gasteiger partial charge on any atom is -0.489 e. The largest absolute Gasteiger partial charge is 0.489 e. The average molecular weight is 493 g/mol. The van der Waals surface area contributed by atoms with Crippen LogP contribution in [0.4, 0.5) is 36.3 Å². The van der Waals surface area contributed by atoms with Gasteiger partial charge in [-0.25, -0.2) is 14.2 Å². The summed E-state index contributed by atoms with van der Waals surface area (Å²) in [5.74, 6) is -7.23. The third kappa shape index (κ3) is 4.82. The Kier molecular flexibility index (Phi) is 6.48. The highest BCUT2D eigenvalue weighted by molar-refractivity contribution is 6.02. The molecule has 1 amide bonds. The van der Waals surface area contributed by atoms with Gasteiger partial charge in [-0.1, -0.05) is 12.8 Å². The van der Waals surface area contributed by atoms with Gasteiger partial charge in [-0.2, -0.15) is 13.8 Å². The van der Waals surface area contributed by atoms with Gasteiger partial charge < -0.3 is 25.0 Å². The molecular formula is C23H26F3N5O4. The zero-order chi connectivity index (χ0) is 25.5. The van der Waals surface area contributed by atoms with Crippen molar-refractivity contribution in [3.05, 3.63) is 29.7 Å². The average Bonchev–Trinajstić information content (AvgIpc) is 3.30. The highest BCUT2D eigenvalue weighted by Gasteiger charge is 2.48.